The van der Waals surface area contributed by atoms with Gasteiger partial charge in [-0.25, -0.2) is 0 Å². The van der Waals surface area contributed by atoms with Crippen molar-refractivity contribution < 1.29 is 9.90 Å². The fourth-order valence-corrected chi connectivity index (χ4v) is 2.00. The van der Waals surface area contributed by atoms with Crippen LogP contribution in [0.1, 0.15) is 5.56 Å². The lowest BCUT2D eigenvalue weighted by Crippen LogP contribution is -2.07. The first kappa shape index (κ1) is 14.4. The van der Waals surface area contributed by atoms with E-state index in [1.165, 1.54) is 18.2 Å². The number of rotatable bonds is 3. The highest BCUT2D eigenvalue weighted by Crippen LogP contribution is 2.22. The molecule has 0 heterocycles. The summed E-state index contributed by atoms with van der Waals surface area (Å²) in [4.78, 5) is 11.7. The number of carbonyl (C=O) groups is 1. The van der Waals surface area contributed by atoms with Gasteiger partial charge in [0.25, 0.3) is 0 Å². The first-order chi connectivity index (χ1) is 9.54. The molecule has 0 bridgehead atoms. The van der Waals surface area contributed by atoms with Crippen molar-refractivity contribution in [3.63, 3.8) is 0 Å². The summed E-state index contributed by atoms with van der Waals surface area (Å²) in [5.41, 5.74) is 1.30. The van der Waals surface area contributed by atoms with Crippen molar-refractivity contribution in [2.45, 2.75) is 0 Å². The van der Waals surface area contributed by atoms with Crippen LogP contribution in [0.2, 0.25) is 10.0 Å². The molecule has 5 heteroatoms. The number of anilines is 1. The summed E-state index contributed by atoms with van der Waals surface area (Å²) >= 11 is 11.8. The second-order valence-corrected chi connectivity index (χ2v) is 4.88. The summed E-state index contributed by atoms with van der Waals surface area (Å²) < 4.78 is 0. The van der Waals surface area contributed by atoms with Crippen LogP contribution in [0.25, 0.3) is 6.08 Å². The van der Waals surface area contributed by atoms with Gasteiger partial charge in [-0.1, -0.05) is 29.3 Å². The molecular formula is C15H11Cl2NO2. The predicted molar refractivity (Wildman–Crippen MR) is 82.2 cm³/mol. The molecule has 0 aromatic heterocycles. The summed E-state index contributed by atoms with van der Waals surface area (Å²) in [5, 5.41) is 12.8. The maximum Gasteiger partial charge on any atom is 0.248 e. The molecule has 3 nitrogen and oxygen atoms in total. The topological polar surface area (TPSA) is 49.3 Å². The molecule has 0 aliphatic heterocycles. The Labute approximate surface area is 126 Å². The van der Waals surface area contributed by atoms with E-state index < -0.39 is 0 Å². The van der Waals surface area contributed by atoms with Crippen LogP contribution in [-0.2, 0) is 4.79 Å². The van der Waals surface area contributed by atoms with Crippen LogP contribution in [-0.4, -0.2) is 11.0 Å². The lowest BCUT2D eigenvalue weighted by Gasteiger charge is -2.02. The van der Waals surface area contributed by atoms with Crippen molar-refractivity contribution in [2.75, 3.05) is 5.32 Å². The van der Waals surface area contributed by atoms with E-state index in [-0.39, 0.29) is 11.7 Å². The second-order valence-electron chi connectivity index (χ2n) is 4.04. The molecule has 0 unspecified atom stereocenters. The monoisotopic (exact) mass is 307 g/mol. The van der Waals surface area contributed by atoms with Crippen LogP contribution in [0, 0.1) is 0 Å². The molecule has 0 fully saturated rings. The number of benzene rings is 2. The highest BCUT2D eigenvalue weighted by atomic mass is 35.5. The zero-order valence-corrected chi connectivity index (χ0v) is 11.8. The molecule has 20 heavy (non-hydrogen) atoms. The van der Waals surface area contributed by atoms with Crippen LogP contribution in [0.15, 0.2) is 48.5 Å². The fraction of sp³-hybridized carbons (Fsp3) is 0. The second kappa shape index (κ2) is 6.46. The quantitative estimate of drug-likeness (QED) is 0.654. The van der Waals surface area contributed by atoms with Crippen LogP contribution in [0.3, 0.4) is 0 Å². The average molecular weight is 308 g/mol. The molecule has 2 aromatic carbocycles. The van der Waals surface area contributed by atoms with E-state index in [1.54, 1.807) is 36.4 Å². The summed E-state index contributed by atoms with van der Waals surface area (Å²) in [5.74, 6) is -0.145. The highest BCUT2D eigenvalue weighted by Gasteiger charge is 2.00. The van der Waals surface area contributed by atoms with Gasteiger partial charge in [-0.15, -0.1) is 0 Å². The van der Waals surface area contributed by atoms with Gasteiger partial charge in [0.05, 0.1) is 0 Å². The Morgan fingerprint density at radius 2 is 1.80 bits per heavy atom. The number of phenols is 1. The minimum Gasteiger partial charge on any atom is -0.508 e. The first-order valence-electron chi connectivity index (χ1n) is 5.78. The third kappa shape index (κ3) is 4.02. The Kier molecular flexibility index (Phi) is 4.66. The fourth-order valence-electron chi connectivity index (χ4n) is 1.53. The maximum atomic E-state index is 11.7. The summed E-state index contributed by atoms with van der Waals surface area (Å²) in [6.07, 6.45) is 2.98. The third-order valence-corrected chi connectivity index (χ3v) is 3.07. The van der Waals surface area contributed by atoms with E-state index in [4.69, 9.17) is 28.3 Å². The van der Waals surface area contributed by atoms with Gasteiger partial charge in [0.1, 0.15) is 5.75 Å². The minimum atomic E-state index is -0.290. The molecule has 2 aromatic rings. The van der Waals surface area contributed by atoms with Gasteiger partial charge in [-0.05, 0) is 48.0 Å². The van der Waals surface area contributed by atoms with E-state index in [2.05, 4.69) is 5.32 Å². The molecule has 2 rings (SSSR count). The Hall–Kier alpha value is -1.97. The van der Waals surface area contributed by atoms with Gasteiger partial charge in [0, 0.05) is 21.8 Å². The molecule has 0 aliphatic carbocycles. The number of aromatic hydroxyl groups is 1. The standard InChI is InChI=1S/C15H11Cl2NO2/c16-11-3-1-10(14(17)9-11)2-8-15(20)18-12-4-6-13(19)7-5-12/h1-9,19H,(H,18,20). The predicted octanol–water partition coefficient (Wildman–Crippen LogP) is 4.35. The molecule has 1 amide bonds. The van der Waals surface area contributed by atoms with Crippen molar-refractivity contribution >= 4 is 40.9 Å². The molecule has 0 saturated heterocycles. The number of halogens is 2. The van der Waals surface area contributed by atoms with Crippen molar-refractivity contribution in [3.8, 4) is 5.75 Å². The third-order valence-electron chi connectivity index (χ3n) is 2.51. The first-order valence-corrected chi connectivity index (χ1v) is 6.53. The molecule has 0 aliphatic rings. The van der Waals surface area contributed by atoms with E-state index in [0.29, 0.717) is 21.3 Å². The van der Waals surface area contributed by atoms with Gasteiger partial charge < -0.3 is 10.4 Å². The van der Waals surface area contributed by atoms with E-state index in [9.17, 15) is 4.79 Å². The van der Waals surface area contributed by atoms with Gasteiger partial charge in [-0.2, -0.15) is 0 Å². The van der Waals surface area contributed by atoms with Gasteiger partial charge in [-0.3, -0.25) is 4.79 Å². The Morgan fingerprint density at radius 3 is 2.45 bits per heavy atom. The number of phenolic OH excluding ortho intramolecular Hbond substituents is 1. The zero-order chi connectivity index (χ0) is 14.5. The highest BCUT2D eigenvalue weighted by molar-refractivity contribution is 6.35. The Bertz CT molecular complexity index is 651. The molecule has 0 spiro atoms. The van der Waals surface area contributed by atoms with Crippen molar-refractivity contribution in [1.29, 1.82) is 0 Å². The Balaban J connectivity index is 2.03. The summed E-state index contributed by atoms with van der Waals surface area (Å²) in [6.45, 7) is 0. The van der Waals surface area contributed by atoms with Crippen molar-refractivity contribution in [2.24, 2.45) is 0 Å². The van der Waals surface area contributed by atoms with E-state index in [0.717, 1.165) is 0 Å². The van der Waals surface area contributed by atoms with Gasteiger partial charge in [0.2, 0.25) is 5.91 Å². The van der Waals surface area contributed by atoms with Gasteiger partial charge in [0.15, 0.2) is 0 Å². The normalized spacial score (nSPS) is 10.7. The molecule has 0 atom stereocenters. The van der Waals surface area contributed by atoms with Crippen LogP contribution < -0.4 is 5.32 Å². The molecule has 102 valence electrons. The SMILES string of the molecule is O=C(C=Cc1ccc(Cl)cc1Cl)Nc1ccc(O)cc1. The van der Waals surface area contributed by atoms with Crippen molar-refractivity contribution in [3.05, 3.63) is 64.1 Å². The maximum absolute atomic E-state index is 11.7. The molecule has 0 saturated carbocycles. The average Bonchev–Trinajstić information content (AvgIpc) is 2.40. The van der Waals surface area contributed by atoms with Crippen LogP contribution in [0.5, 0.6) is 5.75 Å². The van der Waals surface area contributed by atoms with Crippen molar-refractivity contribution in [1.82, 2.24) is 0 Å². The number of amides is 1. The lowest BCUT2D eigenvalue weighted by atomic mass is 10.2. The van der Waals surface area contributed by atoms with Crippen LogP contribution in [0.4, 0.5) is 5.69 Å². The summed E-state index contributed by atoms with van der Waals surface area (Å²) in [6, 6.07) is 11.2. The van der Waals surface area contributed by atoms with E-state index in [1.807, 2.05) is 0 Å². The summed E-state index contributed by atoms with van der Waals surface area (Å²) in [7, 11) is 0. The smallest absolute Gasteiger partial charge is 0.248 e. The number of nitrogens with one attached hydrogen (secondary N) is 1. The number of hydrogen-bond acceptors (Lipinski definition) is 2. The Morgan fingerprint density at radius 1 is 1.10 bits per heavy atom. The number of carbonyl (C=O) groups excluding carboxylic acids is 1. The van der Waals surface area contributed by atoms with Crippen LogP contribution >= 0.6 is 23.2 Å². The largest absolute Gasteiger partial charge is 0.508 e. The molecule has 2 N–H and O–H groups in total. The van der Waals surface area contributed by atoms with E-state index >= 15 is 0 Å². The molecular weight excluding hydrogens is 297 g/mol. The zero-order valence-electron chi connectivity index (χ0n) is 10.3. The van der Waals surface area contributed by atoms with Gasteiger partial charge >= 0.3 is 0 Å². The number of hydrogen-bond donors (Lipinski definition) is 2. The minimum absolute atomic E-state index is 0.145. The lowest BCUT2D eigenvalue weighted by molar-refractivity contribution is -0.111. The molecule has 0 radical (unpaired) electrons.